The van der Waals surface area contributed by atoms with Crippen LogP contribution in [-0.2, 0) is 0 Å². The molecular weight excluding hydrogens is 188 g/mol. The van der Waals surface area contributed by atoms with E-state index in [-0.39, 0.29) is 0 Å². The predicted molar refractivity (Wildman–Crippen MR) is 50.8 cm³/mol. The van der Waals surface area contributed by atoms with Crippen molar-refractivity contribution in [1.29, 1.82) is 0 Å². The van der Waals surface area contributed by atoms with Crippen LogP contribution in [0.25, 0.3) is 5.82 Å². The molecule has 0 saturated heterocycles. The molecule has 66 valence electrons. The zero-order chi connectivity index (χ0) is 9.26. The maximum Gasteiger partial charge on any atom is 0.155 e. The number of anilines is 1. The van der Waals surface area contributed by atoms with Gasteiger partial charge in [0.1, 0.15) is 11.0 Å². The molecule has 0 saturated carbocycles. The first kappa shape index (κ1) is 8.07. The Balaban J connectivity index is 2.46. The molecule has 0 amide bonds. The molecule has 5 heteroatoms. The predicted octanol–water partition coefficient (Wildman–Crippen LogP) is 1.50. The molecule has 4 nitrogen and oxygen atoms in total. The number of rotatable bonds is 1. The number of pyridine rings is 1. The Bertz CT molecular complexity index is 424. The number of hydrogen-bond donors (Lipinski definition) is 1. The molecule has 0 atom stereocenters. The molecule has 0 aliphatic rings. The van der Waals surface area contributed by atoms with E-state index in [0.717, 1.165) is 0 Å². The number of nitrogens with two attached hydrogens (primary N) is 1. The van der Waals surface area contributed by atoms with E-state index in [9.17, 15) is 0 Å². The summed E-state index contributed by atoms with van der Waals surface area (Å²) in [4.78, 5) is 4.07. The van der Waals surface area contributed by atoms with Crippen molar-refractivity contribution in [3.8, 4) is 5.82 Å². The van der Waals surface area contributed by atoms with Gasteiger partial charge in [-0.25, -0.2) is 9.67 Å². The third-order valence-corrected chi connectivity index (χ3v) is 1.76. The van der Waals surface area contributed by atoms with Gasteiger partial charge in [-0.1, -0.05) is 17.7 Å². The smallest absolute Gasteiger partial charge is 0.155 e. The molecule has 2 aromatic heterocycles. The lowest BCUT2D eigenvalue weighted by Crippen LogP contribution is -1.98. The Morgan fingerprint density at radius 1 is 1.31 bits per heavy atom. The Morgan fingerprint density at radius 3 is 2.77 bits per heavy atom. The third kappa shape index (κ3) is 1.62. The molecule has 0 radical (unpaired) electrons. The molecule has 0 bridgehead atoms. The van der Waals surface area contributed by atoms with E-state index in [1.807, 2.05) is 6.07 Å². The summed E-state index contributed by atoms with van der Waals surface area (Å²) in [7, 11) is 0. The number of hydrogen-bond acceptors (Lipinski definition) is 3. The molecule has 2 N–H and O–H groups in total. The van der Waals surface area contributed by atoms with Gasteiger partial charge in [0.25, 0.3) is 0 Å². The number of nitrogens with zero attached hydrogens (tertiary/aromatic N) is 3. The molecule has 13 heavy (non-hydrogen) atoms. The summed E-state index contributed by atoms with van der Waals surface area (Å²) >= 11 is 5.72. The zero-order valence-corrected chi connectivity index (χ0v) is 7.44. The van der Waals surface area contributed by atoms with Crippen molar-refractivity contribution in [2.24, 2.45) is 0 Å². The van der Waals surface area contributed by atoms with E-state index in [1.165, 1.54) is 0 Å². The average molecular weight is 195 g/mol. The summed E-state index contributed by atoms with van der Waals surface area (Å²) in [6.07, 6.45) is 1.73. The van der Waals surface area contributed by atoms with E-state index in [0.29, 0.717) is 16.8 Å². The van der Waals surface area contributed by atoms with Gasteiger partial charge in [-0.3, -0.25) is 0 Å². The van der Waals surface area contributed by atoms with Gasteiger partial charge in [0, 0.05) is 12.3 Å². The Labute approximate surface area is 80.0 Å². The van der Waals surface area contributed by atoms with Crippen molar-refractivity contribution < 1.29 is 0 Å². The van der Waals surface area contributed by atoms with Crippen LogP contribution in [-0.4, -0.2) is 14.8 Å². The van der Waals surface area contributed by atoms with Crippen LogP contribution in [0.1, 0.15) is 0 Å². The number of halogens is 1. The second-order valence-electron chi connectivity index (χ2n) is 2.50. The van der Waals surface area contributed by atoms with Crippen LogP contribution < -0.4 is 5.73 Å². The van der Waals surface area contributed by atoms with Gasteiger partial charge < -0.3 is 5.73 Å². The lowest BCUT2D eigenvalue weighted by molar-refractivity contribution is 0.852. The lowest BCUT2D eigenvalue weighted by Gasteiger charge is -1.98. The summed E-state index contributed by atoms with van der Waals surface area (Å²) < 4.78 is 1.57. The van der Waals surface area contributed by atoms with Gasteiger partial charge in [0.2, 0.25) is 0 Å². The van der Waals surface area contributed by atoms with Gasteiger partial charge >= 0.3 is 0 Å². The molecule has 2 aromatic rings. The van der Waals surface area contributed by atoms with Crippen LogP contribution in [0.4, 0.5) is 5.82 Å². The van der Waals surface area contributed by atoms with Crippen LogP contribution in [0.3, 0.4) is 0 Å². The highest BCUT2D eigenvalue weighted by Crippen LogP contribution is 2.09. The number of aromatic nitrogens is 3. The average Bonchev–Trinajstić information content (AvgIpc) is 2.52. The van der Waals surface area contributed by atoms with Crippen molar-refractivity contribution in [3.05, 3.63) is 35.6 Å². The molecule has 0 aliphatic carbocycles. The molecule has 2 heterocycles. The van der Waals surface area contributed by atoms with Gasteiger partial charge in [0.15, 0.2) is 5.82 Å². The van der Waals surface area contributed by atoms with Crippen LogP contribution in [0, 0.1) is 0 Å². The van der Waals surface area contributed by atoms with Crippen LogP contribution in [0.2, 0.25) is 5.15 Å². The fourth-order valence-electron chi connectivity index (χ4n) is 0.991. The van der Waals surface area contributed by atoms with E-state index in [2.05, 4.69) is 10.1 Å². The van der Waals surface area contributed by atoms with Gasteiger partial charge in [-0.2, -0.15) is 0 Å². The van der Waals surface area contributed by atoms with E-state index >= 15 is 0 Å². The first-order valence-corrected chi connectivity index (χ1v) is 4.07. The molecule has 0 spiro atoms. The van der Waals surface area contributed by atoms with Crippen LogP contribution in [0.5, 0.6) is 0 Å². The monoisotopic (exact) mass is 194 g/mol. The molecular formula is C8H7ClN4. The minimum absolute atomic E-state index is 0.437. The Morgan fingerprint density at radius 2 is 2.15 bits per heavy atom. The van der Waals surface area contributed by atoms with Crippen molar-refractivity contribution in [2.45, 2.75) is 0 Å². The maximum atomic E-state index is 5.72. The Kier molecular flexibility index (Phi) is 1.90. The van der Waals surface area contributed by atoms with Crippen molar-refractivity contribution in [2.75, 3.05) is 5.73 Å². The minimum Gasteiger partial charge on any atom is -0.382 e. The van der Waals surface area contributed by atoms with E-state index < -0.39 is 0 Å². The summed E-state index contributed by atoms with van der Waals surface area (Å²) in [6, 6.07) is 7.02. The highest BCUT2D eigenvalue weighted by atomic mass is 35.5. The largest absolute Gasteiger partial charge is 0.382 e. The molecule has 0 aliphatic heterocycles. The summed E-state index contributed by atoms with van der Waals surface area (Å²) in [5, 5.41) is 4.43. The van der Waals surface area contributed by atoms with Crippen molar-refractivity contribution >= 4 is 17.4 Å². The second kappa shape index (κ2) is 3.06. The van der Waals surface area contributed by atoms with E-state index in [1.54, 1.807) is 29.1 Å². The molecule has 2 rings (SSSR count). The SMILES string of the molecule is Nc1ccn(-c2cccc(Cl)n2)n1. The van der Waals surface area contributed by atoms with Gasteiger partial charge in [0.05, 0.1) is 0 Å². The highest BCUT2D eigenvalue weighted by Gasteiger charge is 1.99. The maximum absolute atomic E-state index is 5.72. The first-order valence-electron chi connectivity index (χ1n) is 3.70. The fourth-order valence-corrected chi connectivity index (χ4v) is 1.15. The summed E-state index contributed by atoms with van der Waals surface area (Å²) in [5.41, 5.74) is 5.46. The topological polar surface area (TPSA) is 56.7 Å². The quantitative estimate of drug-likeness (QED) is 0.700. The van der Waals surface area contributed by atoms with Gasteiger partial charge in [-0.15, -0.1) is 5.10 Å². The first-order chi connectivity index (χ1) is 6.25. The fraction of sp³-hybridized carbons (Fsp3) is 0. The summed E-state index contributed by atoms with van der Waals surface area (Å²) in [6.45, 7) is 0. The van der Waals surface area contributed by atoms with Crippen molar-refractivity contribution in [1.82, 2.24) is 14.8 Å². The normalized spacial score (nSPS) is 10.2. The third-order valence-electron chi connectivity index (χ3n) is 1.54. The second-order valence-corrected chi connectivity index (χ2v) is 2.89. The number of nitrogen functional groups attached to an aromatic ring is 1. The van der Waals surface area contributed by atoms with E-state index in [4.69, 9.17) is 17.3 Å². The van der Waals surface area contributed by atoms with Crippen molar-refractivity contribution in [3.63, 3.8) is 0 Å². The minimum atomic E-state index is 0.437. The Hall–Kier alpha value is -1.55. The zero-order valence-electron chi connectivity index (χ0n) is 6.68. The van der Waals surface area contributed by atoms with Gasteiger partial charge in [-0.05, 0) is 12.1 Å². The summed E-state index contributed by atoms with van der Waals surface area (Å²) in [5.74, 6) is 1.12. The molecule has 0 unspecified atom stereocenters. The standard InChI is InChI=1S/C8H7ClN4/c9-6-2-1-3-8(11-6)13-5-4-7(10)12-13/h1-5H,(H2,10,12). The van der Waals surface area contributed by atoms with Crippen LogP contribution >= 0.6 is 11.6 Å². The lowest BCUT2D eigenvalue weighted by atomic mass is 10.5. The molecule has 0 fully saturated rings. The molecule has 0 aromatic carbocycles. The highest BCUT2D eigenvalue weighted by molar-refractivity contribution is 6.29. The van der Waals surface area contributed by atoms with Crippen LogP contribution in [0.15, 0.2) is 30.5 Å².